The summed E-state index contributed by atoms with van der Waals surface area (Å²) in [5.74, 6) is 8.21. The van der Waals surface area contributed by atoms with Gasteiger partial charge in [0.15, 0.2) is 5.82 Å². The van der Waals surface area contributed by atoms with E-state index in [1.807, 2.05) is 39.8 Å². The molecule has 1 aromatic carbocycles. The summed E-state index contributed by atoms with van der Waals surface area (Å²) in [5, 5.41) is 13.2. The molecule has 9 heteroatoms. The number of benzene rings is 1. The number of ether oxygens (including phenoxy) is 1. The van der Waals surface area contributed by atoms with Crippen LogP contribution in [0.4, 0.5) is 9.18 Å². The zero-order valence-corrected chi connectivity index (χ0v) is 24.1. The normalized spacial score (nSPS) is 19.8. The van der Waals surface area contributed by atoms with Gasteiger partial charge in [-0.05, 0) is 72.1 Å². The fourth-order valence-corrected chi connectivity index (χ4v) is 7.33. The largest absolute Gasteiger partial charge is 0.444 e. The molecule has 1 spiro atoms. The van der Waals surface area contributed by atoms with E-state index in [4.69, 9.17) is 4.74 Å². The third-order valence-corrected chi connectivity index (χ3v) is 9.26. The molecule has 2 aliphatic heterocycles. The molecule has 0 radical (unpaired) electrons. The fourth-order valence-electron chi connectivity index (χ4n) is 6.07. The molecule has 6 rings (SSSR count). The Morgan fingerprint density at radius 3 is 2.64 bits per heavy atom. The molecule has 7 nitrogen and oxygen atoms in total. The Labute approximate surface area is 232 Å². The van der Waals surface area contributed by atoms with Crippen LogP contribution in [0, 0.1) is 49.8 Å². The summed E-state index contributed by atoms with van der Waals surface area (Å²) >= 11 is 1.70. The summed E-state index contributed by atoms with van der Waals surface area (Å²) in [5.41, 5.74) is 3.23. The molecule has 3 aromatic rings. The zero-order chi connectivity index (χ0) is 27.7. The lowest BCUT2D eigenvalue weighted by atomic mass is 9.58. The van der Waals surface area contributed by atoms with Crippen molar-refractivity contribution in [2.24, 2.45) is 11.3 Å². The first kappa shape index (κ1) is 26.0. The van der Waals surface area contributed by atoms with E-state index in [0.29, 0.717) is 17.7 Å². The quantitative estimate of drug-likeness (QED) is 0.403. The van der Waals surface area contributed by atoms with E-state index in [1.54, 1.807) is 22.3 Å². The molecule has 1 aliphatic carbocycles. The maximum atomic E-state index is 15.6. The Morgan fingerprint density at radius 1 is 1.21 bits per heavy atom. The van der Waals surface area contributed by atoms with Crippen LogP contribution >= 0.6 is 11.3 Å². The van der Waals surface area contributed by atoms with Gasteiger partial charge < -0.3 is 9.64 Å². The standard InChI is InChI=1S/C30H34FN5O2S/c1-17-18(2)39-27-25(17)26(32-14-24-34-33-19(3)36(24)27)22-10-9-20(11-23(22)31)7-8-21-12-30(13-21)15-35(16-30)28(37)38-29(4,5)6/h9-11,21,26,32H,12-16H2,1-6H3. The van der Waals surface area contributed by atoms with Crippen molar-refractivity contribution >= 4 is 17.4 Å². The number of aromatic nitrogens is 3. The first-order valence-corrected chi connectivity index (χ1v) is 14.3. The van der Waals surface area contributed by atoms with Crippen LogP contribution in [0.2, 0.25) is 0 Å². The Balaban J connectivity index is 1.15. The van der Waals surface area contributed by atoms with Crippen molar-refractivity contribution in [3.8, 4) is 16.8 Å². The molecule has 2 fully saturated rings. The van der Waals surface area contributed by atoms with Gasteiger partial charge in [0.25, 0.3) is 0 Å². The average Bonchev–Trinajstić information content (AvgIpc) is 3.24. The van der Waals surface area contributed by atoms with E-state index in [2.05, 4.69) is 45.8 Å². The number of aryl methyl sites for hydroxylation is 2. The van der Waals surface area contributed by atoms with Crippen LogP contribution < -0.4 is 5.32 Å². The summed E-state index contributed by atoms with van der Waals surface area (Å²) in [4.78, 5) is 15.2. The Bertz CT molecular complexity index is 1520. The number of amides is 1. The lowest BCUT2D eigenvalue weighted by Gasteiger charge is -2.57. The second kappa shape index (κ2) is 9.17. The van der Waals surface area contributed by atoms with Crippen molar-refractivity contribution in [1.82, 2.24) is 25.0 Å². The predicted octanol–water partition coefficient (Wildman–Crippen LogP) is 5.58. The summed E-state index contributed by atoms with van der Waals surface area (Å²) in [7, 11) is 0. The van der Waals surface area contributed by atoms with E-state index in [-0.39, 0.29) is 29.3 Å². The number of hydrogen-bond acceptors (Lipinski definition) is 6. The van der Waals surface area contributed by atoms with Crippen molar-refractivity contribution in [3.05, 3.63) is 62.8 Å². The number of nitrogens with one attached hydrogen (secondary N) is 1. The minimum atomic E-state index is -0.478. The number of rotatable bonds is 1. The lowest BCUT2D eigenvalue weighted by molar-refractivity contribution is -0.0832. The van der Waals surface area contributed by atoms with E-state index in [9.17, 15) is 4.79 Å². The van der Waals surface area contributed by atoms with Crippen LogP contribution in [0.25, 0.3) is 5.00 Å². The van der Waals surface area contributed by atoms with Crippen molar-refractivity contribution in [2.45, 2.75) is 72.6 Å². The molecule has 2 aromatic heterocycles. The molecule has 204 valence electrons. The third kappa shape index (κ3) is 4.64. The first-order chi connectivity index (χ1) is 18.4. The molecule has 1 atom stereocenters. The van der Waals surface area contributed by atoms with Crippen molar-refractivity contribution < 1.29 is 13.9 Å². The molecule has 1 saturated heterocycles. The molecule has 0 bridgehead atoms. The van der Waals surface area contributed by atoms with Gasteiger partial charge in [-0.3, -0.25) is 9.88 Å². The molecule has 4 heterocycles. The molecular formula is C30H34FN5O2S. The Kier molecular flexibility index (Phi) is 6.12. The highest BCUT2D eigenvalue weighted by Gasteiger charge is 2.54. The first-order valence-electron chi connectivity index (χ1n) is 13.5. The third-order valence-electron chi connectivity index (χ3n) is 8.06. The molecule has 1 amide bonds. The van der Waals surface area contributed by atoms with Crippen LogP contribution in [0.5, 0.6) is 0 Å². The van der Waals surface area contributed by atoms with Gasteiger partial charge in [-0.1, -0.05) is 17.9 Å². The molecule has 1 unspecified atom stereocenters. The molecular weight excluding hydrogens is 513 g/mol. The zero-order valence-electron chi connectivity index (χ0n) is 23.3. The van der Waals surface area contributed by atoms with Gasteiger partial charge in [-0.2, -0.15) is 0 Å². The minimum absolute atomic E-state index is 0.173. The average molecular weight is 548 g/mol. The van der Waals surface area contributed by atoms with E-state index in [1.165, 1.54) is 4.88 Å². The topological polar surface area (TPSA) is 72.3 Å². The van der Waals surface area contributed by atoms with Crippen molar-refractivity contribution in [2.75, 3.05) is 13.1 Å². The number of halogens is 1. The van der Waals surface area contributed by atoms with Gasteiger partial charge in [0, 0.05) is 46.0 Å². The van der Waals surface area contributed by atoms with Crippen LogP contribution in [0.3, 0.4) is 0 Å². The van der Waals surface area contributed by atoms with Gasteiger partial charge in [0.1, 0.15) is 22.2 Å². The van der Waals surface area contributed by atoms with Gasteiger partial charge in [0.2, 0.25) is 0 Å². The van der Waals surface area contributed by atoms with E-state index in [0.717, 1.165) is 53.7 Å². The summed E-state index contributed by atoms with van der Waals surface area (Å²) < 4.78 is 23.1. The maximum Gasteiger partial charge on any atom is 0.410 e. The van der Waals surface area contributed by atoms with E-state index < -0.39 is 5.60 Å². The highest BCUT2D eigenvalue weighted by molar-refractivity contribution is 7.14. The van der Waals surface area contributed by atoms with Crippen LogP contribution in [0.15, 0.2) is 18.2 Å². The number of thiophene rings is 1. The smallest absolute Gasteiger partial charge is 0.410 e. The number of hydrogen-bond donors (Lipinski definition) is 1. The second-order valence-corrected chi connectivity index (χ2v) is 13.5. The number of fused-ring (bicyclic) bond motifs is 3. The monoisotopic (exact) mass is 547 g/mol. The summed E-state index contributed by atoms with van der Waals surface area (Å²) in [6.45, 7) is 13.8. The fraction of sp³-hybridized carbons (Fsp3) is 0.500. The highest BCUT2D eigenvalue weighted by Crippen LogP contribution is 2.52. The highest BCUT2D eigenvalue weighted by atomic mass is 32.1. The van der Waals surface area contributed by atoms with Crippen molar-refractivity contribution in [1.29, 1.82) is 0 Å². The molecule has 1 saturated carbocycles. The Morgan fingerprint density at radius 2 is 1.95 bits per heavy atom. The second-order valence-electron chi connectivity index (χ2n) is 12.3. The van der Waals surface area contributed by atoms with Crippen molar-refractivity contribution in [3.63, 3.8) is 0 Å². The maximum absolute atomic E-state index is 15.6. The van der Waals surface area contributed by atoms with Gasteiger partial charge >= 0.3 is 6.09 Å². The Hall–Kier alpha value is -3.22. The van der Waals surface area contributed by atoms with Crippen LogP contribution in [-0.2, 0) is 11.3 Å². The van der Waals surface area contributed by atoms with Gasteiger partial charge in [-0.15, -0.1) is 21.5 Å². The number of likely N-dealkylation sites (tertiary alicyclic amines) is 1. The summed E-state index contributed by atoms with van der Waals surface area (Å²) in [6.07, 6.45) is 1.70. The predicted molar refractivity (Wildman–Crippen MR) is 148 cm³/mol. The minimum Gasteiger partial charge on any atom is -0.444 e. The number of nitrogens with zero attached hydrogens (tertiary/aromatic N) is 4. The SMILES string of the molecule is Cc1sc2c(c1C)C(c1ccc(C#CC3CC4(C3)CN(C(=O)OC(C)(C)C)C4)cc1F)NCc1nnc(C)n1-2. The molecule has 3 aliphatic rings. The van der Waals surface area contributed by atoms with Crippen LogP contribution in [0.1, 0.15) is 78.4 Å². The molecule has 1 N–H and O–H groups in total. The number of carbonyl (C=O) groups excluding carboxylic acids is 1. The van der Waals surface area contributed by atoms with Crippen LogP contribution in [-0.4, -0.2) is 44.4 Å². The molecule has 39 heavy (non-hydrogen) atoms. The lowest BCUT2D eigenvalue weighted by Crippen LogP contribution is -2.64. The number of carbonyl (C=O) groups is 1. The van der Waals surface area contributed by atoms with Gasteiger partial charge in [-0.25, -0.2) is 9.18 Å². The van der Waals surface area contributed by atoms with Gasteiger partial charge in [0.05, 0.1) is 12.6 Å². The van der Waals surface area contributed by atoms with E-state index >= 15 is 4.39 Å². The summed E-state index contributed by atoms with van der Waals surface area (Å²) in [6, 6.07) is 5.04.